The van der Waals surface area contributed by atoms with Gasteiger partial charge in [-0.3, -0.25) is 4.79 Å². The lowest BCUT2D eigenvalue weighted by Crippen LogP contribution is -2.23. The number of nitrogens with zero attached hydrogens (tertiary/aromatic N) is 1. The van der Waals surface area contributed by atoms with Crippen LogP contribution in [0, 0.1) is 0 Å². The molecule has 106 valence electrons. The second-order valence-electron chi connectivity index (χ2n) is 4.14. The van der Waals surface area contributed by atoms with Crippen molar-refractivity contribution in [1.82, 2.24) is 4.57 Å². The molecule has 1 aromatic heterocycles. The number of alkyl halides is 3. The number of carbonyl (C=O) groups excluding carboxylic acids is 1. The topological polar surface area (TPSA) is 54.3 Å². The molecule has 0 unspecified atom stereocenters. The van der Waals surface area contributed by atoms with Crippen molar-refractivity contribution in [2.45, 2.75) is 12.7 Å². The minimum Gasteiger partial charge on any atom is -0.508 e. The molecule has 7 heteroatoms. The number of halogens is 3. The molecule has 0 saturated heterocycles. The molecule has 0 aliphatic rings. The van der Waals surface area contributed by atoms with Crippen LogP contribution in [0.3, 0.4) is 0 Å². The van der Waals surface area contributed by atoms with Crippen molar-refractivity contribution < 1.29 is 23.1 Å². The molecule has 0 spiro atoms. The van der Waals surface area contributed by atoms with Crippen LogP contribution in [0.5, 0.6) is 5.75 Å². The van der Waals surface area contributed by atoms with E-state index < -0.39 is 18.6 Å². The number of anilines is 1. The maximum absolute atomic E-state index is 12.4. The van der Waals surface area contributed by atoms with Crippen LogP contribution in [-0.2, 0) is 6.54 Å². The van der Waals surface area contributed by atoms with Crippen LogP contribution in [0.1, 0.15) is 10.5 Å². The average Bonchev–Trinajstić information content (AvgIpc) is 2.74. The van der Waals surface area contributed by atoms with E-state index in [2.05, 4.69) is 5.32 Å². The second kappa shape index (κ2) is 5.28. The van der Waals surface area contributed by atoms with Gasteiger partial charge in [0.15, 0.2) is 0 Å². The molecule has 0 bridgehead atoms. The SMILES string of the molecule is O=C(Nc1cccc(O)c1)c1cccn1CC(F)(F)F. The maximum Gasteiger partial charge on any atom is 0.406 e. The lowest BCUT2D eigenvalue weighted by molar-refractivity contribution is -0.140. The minimum absolute atomic E-state index is 0.0477. The summed E-state index contributed by atoms with van der Waals surface area (Å²) < 4.78 is 37.9. The number of nitrogens with one attached hydrogen (secondary N) is 1. The highest BCUT2D eigenvalue weighted by atomic mass is 19.4. The fourth-order valence-corrected chi connectivity index (χ4v) is 1.73. The van der Waals surface area contributed by atoms with Crippen LogP contribution >= 0.6 is 0 Å². The third kappa shape index (κ3) is 3.53. The zero-order chi connectivity index (χ0) is 14.8. The minimum atomic E-state index is -4.40. The van der Waals surface area contributed by atoms with E-state index in [1.165, 1.54) is 42.6 Å². The first-order valence-electron chi connectivity index (χ1n) is 5.67. The zero-order valence-electron chi connectivity index (χ0n) is 10.2. The second-order valence-corrected chi connectivity index (χ2v) is 4.14. The molecule has 4 nitrogen and oxygen atoms in total. The number of rotatable bonds is 3. The molecule has 0 radical (unpaired) electrons. The highest BCUT2D eigenvalue weighted by Gasteiger charge is 2.29. The van der Waals surface area contributed by atoms with E-state index in [0.717, 1.165) is 4.57 Å². The molecule has 0 fully saturated rings. The van der Waals surface area contributed by atoms with Gasteiger partial charge >= 0.3 is 6.18 Å². The van der Waals surface area contributed by atoms with E-state index in [0.29, 0.717) is 5.69 Å². The number of benzene rings is 1. The normalized spacial score (nSPS) is 11.3. The summed E-state index contributed by atoms with van der Waals surface area (Å²) in [6.45, 7) is -1.23. The van der Waals surface area contributed by atoms with E-state index in [9.17, 15) is 23.1 Å². The van der Waals surface area contributed by atoms with Crippen LogP contribution in [0.4, 0.5) is 18.9 Å². The first-order valence-corrected chi connectivity index (χ1v) is 5.67. The number of aromatic hydroxyl groups is 1. The van der Waals surface area contributed by atoms with E-state index in [-0.39, 0.29) is 11.4 Å². The van der Waals surface area contributed by atoms with Crippen LogP contribution in [0.25, 0.3) is 0 Å². The van der Waals surface area contributed by atoms with E-state index in [4.69, 9.17) is 0 Å². The lowest BCUT2D eigenvalue weighted by Gasteiger charge is -2.12. The smallest absolute Gasteiger partial charge is 0.406 e. The van der Waals surface area contributed by atoms with Crippen molar-refractivity contribution in [2.75, 3.05) is 5.32 Å². The molecule has 0 saturated carbocycles. The van der Waals surface area contributed by atoms with Crippen LogP contribution < -0.4 is 5.32 Å². The molecule has 0 aliphatic heterocycles. The number of hydrogen-bond donors (Lipinski definition) is 2. The first-order chi connectivity index (χ1) is 9.35. The summed E-state index contributed by atoms with van der Waals surface area (Å²) in [7, 11) is 0. The number of hydrogen-bond acceptors (Lipinski definition) is 2. The van der Waals surface area contributed by atoms with Gasteiger partial charge in [-0.05, 0) is 24.3 Å². The van der Waals surface area contributed by atoms with Crippen molar-refractivity contribution in [3.05, 3.63) is 48.3 Å². The van der Waals surface area contributed by atoms with Gasteiger partial charge in [-0.25, -0.2) is 0 Å². The number of aromatic nitrogens is 1. The van der Waals surface area contributed by atoms with Gasteiger partial charge in [-0.2, -0.15) is 13.2 Å². The molecule has 1 aromatic carbocycles. The average molecular weight is 284 g/mol. The molecule has 2 aromatic rings. The monoisotopic (exact) mass is 284 g/mol. The third-order valence-electron chi connectivity index (χ3n) is 2.52. The molecule has 0 aliphatic carbocycles. The predicted molar refractivity (Wildman–Crippen MR) is 66.5 cm³/mol. The molecular weight excluding hydrogens is 273 g/mol. The van der Waals surface area contributed by atoms with Crippen LogP contribution in [0.15, 0.2) is 42.6 Å². The van der Waals surface area contributed by atoms with Gasteiger partial charge in [0.25, 0.3) is 5.91 Å². The van der Waals surface area contributed by atoms with Gasteiger partial charge in [-0.1, -0.05) is 6.07 Å². The molecule has 20 heavy (non-hydrogen) atoms. The van der Waals surface area contributed by atoms with E-state index >= 15 is 0 Å². The Bertz CT molecular complexity index is 620. The summed E-state index contributed by atoms with van der Waals surface area (Å²) in [5, 5.41) is 11.7. The highest BCUT2D eigenvalue weighted by molar-refractivity contribution is 6.03. The van der Waals surface area contributed by atoms with Gasteiger partial charge in [0, 0.05) is 18.0 Å². The zero-order valence-corrected chi connectivity index (χ0v) is 10.2. The molecule has 2 rings (SSSR count). The largest absolute Gasteiger partial charge is 0.508 e. The van der Waals surface area contributed by atoms with Crippen LogP contribution in [-0.4, -0.2) is 21.8 Å². The molecule has 1 amide bonds. The molecule has 0 atom stereocenters. The highest BCUT2D eigenvalue weighted by Crippen LogP contribution is 2.20. The van der Waals surface area contributed by atoms with Gasteiger partial charge < -0.3 is 15.0 Å². The fourth-order valence-electron chi connectivity index (χ4n) is 1.73. The van der Waals surface area contributed by atoms with E-state index in [1.807, 2.05) is 0 Å². The van der Waals surface area contributed by atoms with Crippen molar-refractivity contribution in [2.24, 2.45) is 0 Å². The van der Waals surface area contributed by atoms with Crippen molar-refractivity contribution in [3.8, 4) is 5.75 Å². The van der Waals surface area contributed by atoms with Crippen molar-refractivity contribution in [1.29, 1.82) is 0 Å². The Labute approximate surface area is 112 Å². The van der Waals surface area contributed by atoms with Crippen molar-refractivity contribution >= 4 is 11.6 Å². The Morgan fingerprint density at radius 3 is 2.65 bits per heavy atom. The predicted octanol–water partition coefficient (Wildman–Crippen LogP) is 3.01. The maximum atomic E-state index is 12.4. The first kappa shape index (κ1) is 14.0. The molecule has 1 heterocycles. The Kier molecular flexibility index (Phi) is 3.69. The Morgan fingerprint density at radius 2 is 2.00 bits per heavy atom. The van der Waals surface area contributed by atoms with Gasteiger partial charge in [0.05, 0.1) is 0 Å². The summed E-state index contributed by atoms with van der Waals surface area (Å²) in [5.74, 6) is -0.724. The quantitative estimate of drug-likeness (QED) is 0.910. The molecule has 2 N–H and O–H groups in total. The Hall–Kier alpha value is -2.44. The number of phenols is 1. The van der Waals surface area contributed by atoms with Gasteiger partial charge in [0.2, 0.25) is 0 Å². The molecular formula is C13H11F3N2O2. The third-order valence-corrected chi connectivity index (χ3v) is 2.52. The summed E-state index contributed by atoms with van der Waals surface area (Å²) in [4.78, 5) is 11.9. The lowest BCUT2D eigenvalue weighted by atomic mass is 10.3. The Balaban J connectivity index is 2.16. The number of phenolic OH excluding ortho intramolecular Hbond substituents is 1. The number of amides is 1. The van der Waals surface area contributed by atoms with Crippen molar-refractivity contribution in [3.63, 3.8) is 0 Å². The van der Waals surface area contributed by atoms with Gasteiger partial charge in [-0.15, -0.1) is 0 Å². The summed E-state index contributed by atoms with van der Waals surface area (Å²) >= 11 is 0. The van der Waals surface area contributed by atoms with Gasteiger partial charge in [0.1, 0.15) is 18.0 Å². The summed E-state index contributed by atoms with van der Waals surface area (Å²) in [6.07, 6.45) is -3.22. The van der Waals surface area contributed by atoms with Crippen LogP contribution in [0.2, 0.25) is 0 Å². The summed E-state index contributed by atoms with van der Waals surface area (Å²) in [5.41, 5.74) is 0.195. The van der Waals surface area contributed by atoms with E-state index in [1.54, 1.807) is 0 Å². The fraction of sp³-hybridized carbons (Fsp3) is 0.154. The number of carbonyl (C=O) groups is 1. The Morgan fingerprint density at radius 1 is 1.25 bits per heavy atom. The standard InChI is InChI=1S/C13H11F3N2O2/c14-13(15,16)8-18-6-2-5-11(18)12(20)17-9-3-1-4-10(19)7-9/h1-7,19H,8H2,(H,17,20). The summed E-state index contributed by atoms with van der Waals surface area (Å²) in [6, 6.07) is 8.41.